The summed E-state index contributed by atoms with van der Waals surface area (Å²) < 4.78 is 0. The first-order valence-electron chi connectivity index (χ1n) is 31.2. The van der Waals surface area contributed by atoms with Crippen molar-refractivity contribution in [1.82, 2.24) is 14.8 Å². The highest BCUT2D eigenvalue weighted by Crippen LogP contribution is 2.54. The number of anilines is 11. The average Bonchev–Trinajstić information content (AvgIpc) is 1.60. The normalized spacial score (nSPS) is 19.8. The van der Waals surface area contributed by atoms with Crippen LogP contribution in [0.4, 0.5) is 85.3 Å². The van der Waals surface area contributed by atoms with Crippen molar-refractivity contribution in [3.05, 3.63) is 259 Å². The number of likely N-dealkylation sites (N-methyl/N-ethyl adjacent to an activating group) is 5. The molecule has 0 saturated heterocycles. The molecule has 91 heavy (non-hydrogen) atoms. The lowest BCUT2D eigenvalue weighted by molar-refractivity contribution is 0.344. The monoisotopic (exact) mass is 1200 g/mol. The minimum Gasteiger partial charge on any atom is -0.356 e. The zero-order valence-electron chi connectivity index (χ0n) is 53.6. The lowest BCUT2D eigenvalue weighted by Gasteiger charge is -2.24. The van der Waals surface area contributed by atoms with E-state index < -0.39 is 0 Å². The molecule has 0 spiro atoms. The molecule has 11 heterocycles. The maximum atomic E-state index is 7.41. The third kappa shape index (κ3) is 9.13. The molecule has 18 rings (SSSR count). The molecule has 0 amide bonds. The Morgan fingerprint density at radius 1 is 0.363 bits per heavy atom. The number of para-hydroxylation sites is 6. The summed E-state index contributed by atoms with van der Waals surface area (Å²) >= 11 is 0. The van der Waals surface area contributed by atoms with E-state index in [0.29, 0.717) is 30.8 Å². The van der Waals surface area contributed by atoms with Crippen LogP contribution >= 0.6 is 0 Å². The van der Waals surface area contributed by atoms with Gasteiger partial charge in [0.25, 0.3) is 0 Å². The number of pyridine rings is 1. The first-order valence-corrected chi connectivity index (χ1v) is 31.2. The predicted octanol–water partition coefficient (Wildman–Crippen LogP) is 16.7. The molecular formula is C76H73N15. The van der Waals surface area contributed by atoms with Gasteiger partial charge in [-0.15, -0.1) is 0 Å². The number of aromatic nitrogens is 1. The molecule has 10 aliphatic heterocycles. The van der Waals surface area contributed by atoms with Gasteiger partial charge in [0.05, 0.1) is 60.4 Å². The lowest BCUT2D eigenvalue weighted by Crippen LogP contribution is -2.36. The van der Waals surface area contributed by atoms with Crippen molar-refractivity contribution in [3.8, 4) is 0 Å². The fraction of sp³-hybridized carbons (Fsp3) is 0.276. The van der Waals surface area contributed by atoms with Gasteiger partial charge in [-0.05, 0) is 158 Å². The Bertz CT molecular complexity index is 4570. The van der Waals surface area contributed by atoms with Gasteiger partial charge in [-0.2, -0.15) is 0 Å². The number of aryl methyl sites for hydroxylation is 2. The highest BCUT2D eigenvalue weighted by atomic mass is 15.4. The van der Waals surface area contributed by atoms with Gasteiger partial charge in [0, 0.05) is 132 Å². The van der Waals surface area contributed by atoms with Crippen molar-refractivity contribution in [2.24, 2.45) is 0 Å². The van der Waals surface area contributed by atoms with Crippen molar-refractivity contribution >= 4 is 85.3 Å². The Morgan fingerprint density at radius 3 is 1.25 bits per heavy atom. The van der Waals surface area contributed by atoms with E-state index in [9.17, 15) is 0 Å². The number of nitrogens with zero attached hydrogens (tertiary/aromatic N) is 15. The largest absolute Gasteiger partial charge is 0.356 e. The number of benzene rings is 7. The summed E-state index contributed by atoms with van der Waals surface area (Å²) in [6, 6.07) is 44.1. The van der Waals surface area contributed by atoms with Crippen LogP contribution < -0.4 is 39.2 Å². The molecule has 10 aliphatic rings. The second-order valence-electron chi connectivity index (χ2n) is 25.3. The lowest BCUT2D eigenvalue weighted by atomic mass is 9.99. The van der Waals surface area contributed by atoms with Gasteiger partial charge in [0.1, 0.15) is 30.8 Å². The van der Waals surface area contributed by atoms with Crippen LogP contribution in [0.1, 0.15) is 63.9 Å². The van der Waals surface area contributed by atoms with Crippen molar-refractivity contribution in [2.75, 3.05) is 74.4 Å². The Morgan fingerprint density at radius 2 is 0.747 bits per heavy atom. The number of hydrogen-bond acceptors (Lipinski definition) is 11. The van der Waals surface area contributed by atoms with E-state index in [1.54, 1.807) is 0 Å². The third-order valence-electron chi connectivity index (χ3n) is 20.6. The van der Waals surface area contributed by atoms with Crippen LogP contribution in [0.25, 0.3) is 19.4 Å². The second-order valence-corrected chi connectivity index (χ2v) is 25.3. The summed E-state index contributed by atoms with van der Waals surface area (Å²) in [6.07, 6.45) is 15.2. The molecule has 1 aromatic heterocycles. The Hall–Kier alpha value is -10.9. The molecule has 0 saturated carbocycles. The summed E-state index contributed by atoms with van der Waals surface area (Å²) in [6.45, 7) is 41.4. The van der Waals surface area contributed by atoms with E-state index in [-0.39, 0.29) is 0 Å². The SMILES string of the molecule is CN1c2ccccc2N2c3ccncc3CC12.[C-]#[N+]c1c(C)cc2c(c1C)CC1N(C)C(C)=CN21.[C-]#[N+]c1c(C)cc2c(c1C)CC1N(C)c3ccccc3N21.[C-]#[N+]c1ccc2c(c1)CC1N(C)C(C)=CN21.[C-]#[N+]c1ccc2c(c1)CC1N(C)c3ccccc3N21. The first kappa shape index (κ1) is 57.8. The van der Waals surface area contributed by atoms with Crippen LogP contribution in [-0.4, -0.2) is 80.9 Å². The molecule has 5 unspecified atom stereocenters. The van der Waals surface area contributed by atoms with Gasteiger partial charge in [0.2, 0.25) is 0 Å². The quantitative estimate of drug-likeness (QED) is 0.136. The summed E-state index contributed by atoms with van der Waals surface area (Å²) in [5, 5.41) is 0. The highest BCUT2D eigenvalue weighted by Gasteiger charge is 2.44. The molecule has 15 heteroatoms. The van der Waals surface area contributed by atoms with Gasteiger partial charge < -0.3 is 49.0 Å². The molecule has 0 bridgehead atoms. The highest BCUT2D eigenvalue weighted by molar-refractivity contribution is 5.91. The van der Waals surface area contributed by atoms with Crippen LogP contribution in [0.2, 0.25) is 0 Å². The Balaban J connectivity index is 0.0000000993. The maximum absolute atomic E-state index is 7.41. The van der Waals surface area contributed by atoms with Crippen LogP contribution in [0.3, 0.4) is 0 Å². The van der Waals surface area contributed by atoms with Crippen LogP contribution in [0, 0.1) is 54.0 Å². The van der Waals surface area contributed by atoms with Gasteiger partial charge in [-0.3, -0.25) is 4.98 Å². The van der Waals surface area contributed by atoms with Crippen molar-refractivity contribution < 1.29 is 0 Å². The molecule has 0 fully saturated rings. The van der Waals surface area contributed by atoms with Crippen LogP contribution in [-0.2, 0) is 32.1 Å². The van der Waals surface area contributed by atoms with Crippen molar-refractivity contribution in [3.63, 3.8) is 0 Å². The fourth-order valence-corrected chi connectivity index (χ4v) is 15.6. The Kier molecular flexibility index (Phi) is 14.2. The van der Waals surface area contributed by atoms with Gasteiger partial charge in [-0.1, -0.05) is 60.7 Å². The topological polar surface area (TPSA) is 62.7 Å². The maximum Gasteiger partial charge on any atom is 0.193 e. The average molecular weight is 1200 g/mol. The number of hydrogen-bond donors (Lipinski definition) is 0. The number of fused-ring (bicyclic) bond motifs is 21. The fourth-order valence-electron chi connectivity index (χ4n) is 15.6. The van der Waals surface area contributed by atoms with E-state index in [4.69, 9.17) is 26.3 Å². The van der Waals surface area contributed by atoms with E-state index in [0.717, 1.165) is 77.1 Å². The van der Waals surface area contributed by atoms with Gasteiger partial charge in [0.15, 0.2) is 22.7 Å². The summed E-state index contributed by atoms with van der Waals surface area (Å²) in [5.41, 5.74) is 30.9. The number of rotatable bonds is 0. The van der Waals surface area contributed by atoms with Crippen LogP contribution in [0.15, 0.2) is 164 Å². The third-order valence-corrected chi connectivity index (χ3v) is 20.6. The Labute approximate surface area is 535 Å². The molecule has 7 aromatic carbocycles. The molecule has 0 aliphatic carbocycles. The molecule has 5 atom stereocenters. The second kappa shape index (κ2) is 22.3. The van der Waals surface area contributed by atoms with Gasteiger partial charge >= 0.3 is 0 Å². The smallest absolute Gasteiger partial charge is 0.193 e. The zero-order chi connectivity index (χ0) is 63.4. The summed E-state index contributed by atoms with van der Waals surface area (Å²) in [7, 11) is 10.7. The number of allylic oxidation sites excluding steroid dienone is 2. The standard InChI is InChI=1S/C18H17N3.C16H13N3.C15H17N3.C14H13N3.C13H13N3/c1-11-9-16-13(12(2)18(11)19-3)10-17-20(4)14-7-5-6-8-15(14)21(16)17;1-17-12-7-8-13-11(9-12)10-16-18(2)14-5-3-4-6-15(14)19(13)16;1-9-6-13-12(11(3)15(9)16-4)7-14-17(5)10(2)8-18(13)14;1-16-12-4-2-3-5-13(12)17-11-6-7-15-9-10(11)8-14(16)17;1-9-8-16-12-5-4-11(14-2)6-10(12)7-13(16)15(9)3/h5-9,17H,10H2,1-2,4H3;3-9,16H,10H2,2H3;6,8,14H,7H2,1-3,5H3;2-7,9,14H,8H2,1H3;4-6,8,13H,7H2,1,3H3. The summed E-state index contributed by atoms with van der Waals surface area (Å²) in [4.78, 5) is 42.1. The van der Waals surface area contributed by atoms with Crippen molar-refractivity contribution in [1.29, 1.82) is 0 Å². The minimum absolute atomic E-state index is 0.344. The van der Waals surface area contributed by atoms with Crippen LogP contribution in [0.5, 0.6) is 0 Å². The molecular weight excluding hydrogens is 1120 g/mol. The predicted molar refractivity (Wildman–Crippen MR) is 370 cm³/mol. The molecule has 8 aromatic rings. The first-order chi connectivity index (χ1) is 44.0. The molecule has 0 radical (unpaired) electrons. The summed E-state index contributed by atoms with van der Waals surface area (Å²) in [5.74, 6) is 0. The van der Waals surface area contributed by atoms with E-state index in [2.05, 4.69) is 252 Å². The van der Waals surface area contributed by atoms with E-state index >= 15 is 0 Å². The van der Waals surface area contributed by atoms with E-state index in [1.165, 1.54) is 102 Å². The minimum atomic E-state index is 0.344. The van der Waals surface area contributed by atoms with E-state index in [1.807, 2.05) is 50.5 Å². The van der Waals surface area contributed by atoms with Crippen molar-refractivity contribution in [2.45, 2.75) is 104 Å². The zero-order valence-corrected chi connectivity index (χ0v) is 53.6. The molecule has 0 N–H and O–H groups in total. The molecule has 15 nitrogen and oxygen atoms in total. The molecule has 452 valence electrons. The van der Waals surface area contributed by atoms with Gasteiger partial charge in [-0.25, -0.2) is 19.4 Å².